The van der Waals surface area contributed by atoms with Crippen LogP contribution in [0.15, 0.2) is 18.3 Å². The molecule has 1 aliphatic rings. The van der Waals surface area contributed by atoms with Crippen molar-refractivity contribution >= 4 is 11.6 Å². The molecular weight excluding hydrogens is 219 g/mol. The molecule has 2 aromatic rings. The van der Waals surface area contributed by atoms with Gasteiger partial charge in [0.1, 0.15) is 5.82 Å². The Bertz CT molecular complexity index is 518. The maximum atomic E-state index is 12.9. The van der Waals surface area contributed by atoms with Gasteiger partial charge in [-0.25, -0.2) is 8.91 Å². The van der Waals surface area contributed by atoms with Gasteiger partial charge in [0, 0.05) is 6.54 Å². The molecule has 0 aromatic carbocycles. The Labute approximate surface area is 98.9 Å². The van der Waals surface area contributed by atoms with Crippen molar-refractivity contribution in [2.75, 3.05) is 11.9 Å². The molecule has 3 rings (SSSR count). The van der Waals surface area contributed by atoms with Crippen LogP contribution in [-0.4, -0.2) is 21.1 Å². The SMILES string of the molecule is Fc1ccc2nc(NCCCC3CC3)nn2c1. The van der Waals surface area contributed by atoms with Gasteiger partial charge >= 0.3 is 0 Å². The predicted octanol–water partition coefficient (Wildman–Crippen LogP) is 2.47. The lowest BCUT2D eigenvalue weighted by Gasteiger charge is -1.99. The van der Waals surface area contributed by atoms with Gasteiger partial charge in [0.05, 0.1) is 6.20 Å². The Morgan fingerprint density at radius 3 is 3.12 bits per heavy atom. The zero-order valence-corrected chi connectivity index (χ0v) is 9.56. The molecule has 0 spiro atoms. The number of aromatic nitrogens is 3. The first-order valence-electron chi connectivity index (χ1n) is 6.07. The lowest BCUT2D eigenvalue weighted by atomic mass is 10.2. The molecule has 0 unspecified atom stereocenters. The molecule has 0 amide bonds. The largest absolute Gasteiger partial charge is 0.353 e. The third kappa shape index (κ3) is 2.54. The summed E-state index contributed by atoms with van der Waals surface area (Å²) in [6.07, 6.45) is 6.55. The first kappa shape index (κ1) is 10.5. The van der Waals surface area contributed by atoms with E-state index in [2.05, 4.69) is 15.4 Å². The first-order chi connectivity index (χ1) is 8.31. The minimum atomic E-state index is -0.303. The maximum Gasteiger partial charge on any atom is 0.243 e. The summed E-state index contributed by atoms with van der Waals surface area (Å²) in [5.74, 6) is 1.23. The third-order valence-corrected chi connectivity index (χ3v) is 3.06. The second-order valence-electron chi connectivity index (χ2n) is 4.60. The summed E-state index contributed by atoms with van der Waals surface area (Å²) in [5.41, 5.74) is 0.663. The molecule has 17 heavy (non-hydrogen) atoms. The molecular formula is C12H15FN4. The molecule has 0 saturated heterocycles. The number of fused-ring (bicyclic) bond motifs is 1. The van der Waals surface area contributed by atoms with E-state index in [0.717, 1.165) is 18.9 Å². The molecule has 2 aromatic heterocycles. The lowest BCUT2D eigenvalue weighted by Crippen LogP contribution is -2.03. The zero-order valence-electron chi connectivity index (χ0n) is 9.56. The minimum absolute atomic E-state index is 0.303. The molecule has 90 valence electrons. The summed E-state index contributed by atoms with van der Waals surface area (Å²) in [7, 11) is 0. The van der Waals surface area contributed by atoms with Gasteiger partial charge in [0.2, 0.25) is 5.95 Å². The third-order valence-electron chi connectivity index (χ3n) is 3.06. The summed E-state index contributed by atoms with van der Waals surface area (Å²) in [6, 6.07) is 3.01. The molecule has 0 radical (unpaired) electrons. The molecule has 0 atom stereocenters. The molecule has 5 heteroatoms. The van der Waals surface area contributed by atoms with Gasteiger partial charge in [-0.05, 0) is 30.9 Å². The van der Waals surface area contributed by atoms with Crippen molar-refractivity contribution in [1.82, 2.24) is 14.6 Å². The fourth-order valence-corrected chi connectivity index (χ4v) is 1.93. The van der Waals surface area contributed by atoms with Gasteiger partial charge in [-0.15, -0.1) is 5.10 Å². The Kier molecular flexibility index (Phi) is 2.66. The summed E-state index contributed by atoms with van der Waals surface area (Å²) < 4.78 is 14.4. The first-order valence-corrected chi connectivity index (χ1v) is 6.07. The topological polar surface area (TPSA) is 42.2 Å². The van der Waals surface area contributed by atoms with E-state index in [0.29, 0.717) is 11.6 Å². The van der Waals surface area contributed by atoms with E-state index in [1.54, 1.807) is 6.07 Å². The van der Waals surface area contributed by atoms with Crippen molar-refractivity contribution < 1.29 is 4.39 Å². The van der Waals surface area contributed by atoms with E-state index in [9.17, 15) is 4.39 Å². The molecule has 2 heterocycles. The smallest absolute Gasteiger partial charge is 0.243 e. The van der Waals surface area contributed by atoms with Crippen LogP contribution < -0.4 is 5.32 Å². The van der Waals surface area contributed by atoms with Gasteiger partial charge in [-0.3, -0.25) is 0 Å². The quantitative estimate of drug-likeness (QED) is 0.808. The van der Waals surface area contributed by atoms with Crippen LogP contribution in [0.4, 0.5) is 10.3 Å². The van der Waals surface area contributed by atoms with Crippen LogP contribution in [0.3, 0.4) is 0 Å². The number of halogens is 1. The molecule has 1 N–H and O–H groups in total. The van der Waals surface area contributed by atoms with Gasteiger partial charge in [-0.1, -0.05) is 12.8 Å². The fraction of sp³-hybridized carbons (Fsp3) is 0.500. The Morgan fingerprint density at radius 2 is 2.29 bits per heavy atom. The average Bonchev–Trinajstić information content (AvgIpc) is 3.04. The zero-order chi connectivity index (χ0) is 11.7. The Hall–Kier alpha value is -1.65. The van der Waals surface area contributed by atoms with Crippen LogP contribution in [0.1, 0.15) is 25.7 Å². The van der Waals surface area contributed by atoms with Gasteiger partial charge in [0.25, 0.3) is 0 Å². The van der Waals surface area contributed by atoms with Crippen LogP contribution in [0, 0.1) is 11.7 Å². The van der Waals surface area contributed by atoms with Crippen molar-refractivity contribution in [3.63, 3.8) is 0 Å². The van der Waals surface area contributed by atoms with E-state index in [4.69, 9.17) is 0 Å². The summed E-state index contributed by atoms with van der Waals surface area (Å²) in [5, 5.41) is 7.33. The van der Waals surface area contributed by atoms with Crippen LogP contribution in [0.5, 0.6) is 0 Å². The maximum absolute atomic E-state index is 12.9. The molecule has 1 fully saturated rings. The standard InChI is InChI=1S/C12H15FN4/c13-10-5-6-11-15-12(16-17(11)8-10)14-7-1-2-9-3-4-9/h5-6,8-9H,1-4,7H2,(H,14,16). The van der Waals surface area contributed by atoms with Crippen LogP contribution in [-0.2, 0) is 0 Å². The van der Waals surface area contributed by atoms with E-state index < -0.39 is 0 Å². The number of anilines is 1. The van der Waals surface area contributed by atoms with Crippen LogP contribution >= 0.6 is 0 Å². The van der Waals surface area contributed by atoms with E-state index in [1.807, 2.05) is 0 Å². The van der Waals surface area contributed by atoms with Crippen molar-refractivity contribution in [3.05, 3.63) is 24.1 Å². The molecule has 0 bridgehead atoms. The highest BCUT2D eigenvalue weighted by atomic mass is 19.1. The number of nitrogens with one attached hydrogen (secondary N) is 1. The molecule has 4 nitrogen and oxygen atoms in total. The number of hydrogen-bond donors (Lipinski definition) is 1. The Morgan fingerprint density at radius 1 is 1.41 bits per heavy atom. The second-order valence-corrected chi connectivity index (χ2v) is 4.60. The highest BCUT2D eigenvalue weighted by molar-refractivity contribution is 5.42. The summed E-state index contributed by atoms with van der Waals surface area (Å²) >= 11 is 0. The average molecular weight is 234 g/mol. The van der Waals surface area contributed by atoms with Crippen LogP contribution in [0.25, 0.3) is 5.65 Å². The van der Waals surface area contributed by atoms with E-state index >= 15 is 0 Å². The molecule has 1 saturated carbocycles. The number of rotatable bonds is 5. The van der Waals surface area contributed by atoms with Gasteiger partial charge < -0.3 is 5.32 Å². The van der Waals surface area contributed by atoms with Crippen LogP contribution in [0.2, 0.25) is 0 Å². The summed E-state index contributed by atoms with van der Waals surface area (Å²) in [6.45, 7) is 0.885. The van der Waals surface area contributed by atoms with Gasteiger partial charge in [-0.2, -0.15) is 4.98 Å². The van der Waals surface area contributed by atoms with Crippen molar-refractivity contribution in [2.24, 2.45) is 5.92 Å². The normalized spacial score (nSPS) is 15.4. The van der Waals surface area contributed by atoms with E-state index in [1.165, 1.54) is 36.0 Å². The van der Waals surface area contributed by atoms with E-state index in [-0.39, 0.29) is 5.82 Å². The predicted molar refractivity (Wildman–Crippen MR) is 63.4 cm³/mol. The number of nitrogens with zero attached hydrogens (tertiary/aromatic N) is 3. The lowest BCUT2D eigenvalue weighted by molar-refractivity contribution is 0.614. The molecule has 1 aliphatic carbocycles. The van der Waals surface area contributed by atoms with Crippen molar-refractivity contribution in [1.29, 1.82) is 0 Å². The van der Waals surface area contributed by atoms with Gasteiger partial charge in [0.15, 0.2) is 5.65 Å². The second kappa shape index (κ2) is 4.31. The fourth-order valence-electron chi connectivity index (χ4n) is 1.93. The monoisotopic (exact) mass is 234 g/mol. The highest BCUT2D eigenvalue weighted by Crippen LogP contribution is 2.33. The number of hydrogen-bond acceptors (Lipinski definition) is 3. The number of pyridine rings is 1. The summed E-state index contributed by atoms with van der Waals surface area (Å²) in [4.78, 5) is 4.26. The van der Waals surface area contributed by atoms with Crippen molar-refractivity contribution in [3.8, 4) is 0 Å². The highest BCUT2D eigenvalue weighted by Gasteiger charge is 2.19. The Balaban J connectivity index is 1.60. The van der Waals surface area contributed by atoms with Crippen molar-refractivity contribution in [2.45, 2.75) is 25.7 Å². The molecule has 0 aliphatic heterocycles. The minimum Gasteiger partial charge on any atom is -0.353 e.